The van der Waals surface area contributed by atoms with Crippen molar-refractivity contribution in [3.63, 3.8) is 0 Å². The van der Waals surface area contributed by atoms with E-state index in [1.807, 2.05) is 0 Å². The Balaban J connectivity index is 2.42. The van der Waals surface area contributed by atoms with Gasteiger partial charge in [-0.1, -0.05) is 19.3 Å². The lowest BCUT2D eigenvalue weighted by Crippen LogP contribution is -2.07. The largest absolute Gasteiger partial charge is 0.496 e. The first-order chi connectivity index (χ1) is 8.52. The van der Waals surface area contributed by atoms with E-state index in [0.717, 1.165) is 24.2 Å². The first-order valence-corrected chi connectivity index (χ1v) is 8.46. The van der Waals surface area contributed by atoms with Gasteiger partial charge in [-0.25, -0.2) is 8.42 Å². The Hall–Kier alpha value is -0.740. The van der Waals surface area contributed by atoms with Crippen molar-refractivity contribution in [2.75, 3.05) is 7.11 Å². The Bertz CT molecular complexity index is 519. The minimum atomic E-state index is -3.67. The van der Waals surface area contributed by atoms with E-state index in [4.69, 9.17) is 15.4 Å². The quantitative estimate of drug-likeness (QED) is 0.797. The molecule has 2 rings (SSSR count). The van der Waals surface area contributed by atoms with Crippen LogP contribution in [-0.4, -0.2) is 15.5 Å². The molecule has 0 N–H and O–H groups in total. The van der Waals surface area contributed by atoms with Gasteiger partial charge >= 0.3 is 0 Å². The van der Waals surface area contributed by atoms with Crippen molar-refractivity contribution < 1.29 is 13.2 Å². The van der Waals surface area contributed by atoms with Crippen LogP contribution >= 0.6 is 10.7 Å². The summed E-state index contributed by atoms with van der Waals surface area (Å²) in [6.45, 7) is 0. The van der Waals surface area contributed by atoms with Crippen LogP contribution < -0.4 is 4.74 Å². The van der Waals surface area contributed by atoms with E-state index in [9.17, 15) is 8.42 Å². The zero-order chi connectivity index (χ0) is 13.2. The number of ether oxygens (including phenoxy) is 1. The molecule has 0 spiro atoms. The standard InChI is InChI=1S/C13H17ClO3S/c1-17-13-8-7-11(18(14,15)16)9-12(13)10-5-3-2-4-6-10/h7-10H,2-6H2,1H3. The molecular weight excluding hydrogens is 272 g/mol. The summed E-state index contributed by atoms with van der Waals surface area (Å²) in [7, 11) is 3.33. The third-order valence-corrected chi connectivity index (χ3v) is 4.88. The molecule has 0 aromatic heterocycles. The van der Waals surface area contributed by atoms with Crippen molar-refractivity contribution in [1.29, 1.82) is 0 Å². The fourth-order valence-electron chi connectivity index (χ4n) is 2.60. The van der Waals surface area contributed by atoms with Gasteiger partial charge in [0, 0.05) is 10.7 Å². The summed E-state index contributed by atoms with van der Waals surface area (Å²) in [5, 5.41) is 0. The van der Waals surface area contributed by atoms with E-state index in [-0.39, 0.29) is 4.90 Å². The zero-order valence-corrected chi connectivity index (χ0v) is 11.9. The van der Waals surface area contributed by atoms with E-state index < -0.39 is 9.05 Å². The molecule has 0 saturated heterocycles. The molecule has 100 valence electrons. The van der Waals surface area contributed by atoms with Crippen LogP contribution in [0.2, 0.25) is 0 Å². The maximum absolute atomic E-state index is 11.4. The van der Waals surface area contributed by atoms with Crippen LogP contribution in [-0.2, 0) is 9.05 Å². The predicted octanol–water partition coefficient (Wildman–Crippen LogP) is 3.67. The van der Waals surface area contributed by atoms with Crippen LogP contribution in [0.1, 0.15) is 43.6 Å². The van der Waals surface area contributed by atoms with Crippen molar-refractivity contribution in [3.8, 4) is 5.75 Å². The zero-order valence-electron chi connectivity index (χ0n) is 10.4. The van der Waals surface area contributed by atoms with Crippen LogP contribution in [0.15, 0.2) is 23.1 Å². The molecule has 5 heteroatoms. The maximum Gasteiger partial charge on any atom is 0.261 e. The molecule has 1 aromatic carbocycles. The SMILES string of the molecule is COc1ccc(S(=O)(=O)Cl)cc1C1CCCCC1. The van der Waals surface area contributed by atoms with Crippen molar-refractivity contribution in [1.82, 2.24) is 0 Å². The van der Waals surface area contributed by atoms with Crippen molar-refractivity contribution >= 4 is 19.7 Å². The molecule has 1 aliphatic carbocycles. The van der Waals surface area contributed by atoms with Crippen molar-refractivity contribution in [2.24, 2.45) is 0 Å². The summed E-state index contributed by atoms with van der Waals surface area (Å²) < 4.78 is 28.1. The monoisotopic (exact) mass is 288 g/mol. The Morgan fingerprint density at radius 2 is 1.89 bits per heavy atom. The second-order valence-corrected chi connectivity index (χ2v) is 7.24. The van der Waals surface area contributed by atoms with Gasteiger partial charge in [0.2, 0.25) is 0 Å². The minimum absolute atomic E-state index is 0.158. The summed E-state index contributed by atoms with van der Waals surface area (Å²) >= 11 is 0. The highest BCUT2D eigenvalue weighted by Gasteiger charge is 2.21. The molecule has 0 aliphatic heterocycles. The number of methoxy groups -OCH3 is 1. The molecule has 0 heterocycles. The van der Waals surface area contributed by atoms with Crippen molar-refractivity contribution in [2.45, 2.75) is 42.9 Å². The van der Waals surface area contributed by atoms with E-state index in [1.165, 1.54) is 25.3 Å². The topological polar surface area (TPSA) is 43.4 Å². The highest BCUT2D eigenvalue weighted by atomic mass is 35.7. The van der Waals surface area contributed by atoms with Gasteiger partial charge in [-0.15, -0.1) is 0 Å². The maximum atomic E-state index is 11.4. The van der Waals surface area contributed by atoms with Crippen LogP contribution in [0.3, 0.4) is 0 Å². The Morgan fingerprint density at radius 1 is 1.22 bits per heavy atom. The van der Waals surface area contributed by atoms with Gasteiger partial charge in [-0.3, -0.25) is 0 Å². The van der Waals surface area contributed by atoms with Gasteiger partial charge in [0.25, 0.3) is 9.05 Å². The van der Waals surface area contributed by atoms with Crippen LogP contribution in [0.5, 0.6) is 5.75 Å². The number of hydrogen-bond donors (Lipinski definition) is 0. The molecule has 0 bridgehead atoms. The third-order valence-electron chi connectivity index (χ3n) is 3.53. The van der Waals surface area contributed by atoms with Gasteiger partial charge in [0.15, 0.2) is 0 Å². The summed E-state index contributed by atoms with van der Waals surface area (Å²) in [5.41, 5.74) is 0.971. The third kappa shape index (κ3) is 2.98. The molecule has 1 fully saturated rings. The normalized spacial score (nSPS) is 17.7. The predicted molar refractivity (Wildman–Crippen MR) is 71.9 cm³/mol. The first-order valence-electron chi connectivity index (χ1n) is 6.15. The second kappa shape index (κ2) is 5.49. The average Bonchev–Trinajstić information content (AvgIpc) is 2.38. The molecule has 1 saturated carbocycles. The van der Waals surface area contributed by atoms with E-state index in [0.29, 0.717) is 5.92 Å². The second-order valence-electron chi connectivity index (χ2n) is 4.68. The lowest BCUT2D eigenvalue weighted by molar-refractivity contribution is 0.386. The lowest BCUT2D eigenvalue weighted by Gasteiger charge is -2.24. The summed E-state index contributed by atoms with van der Waals surface area (Å²) in [6, 6.07) is 4.85. The van der Waals surface area contributed by atoms with Crippen LogP contribution in [0, 0.1) is 0 Å². The Morgan fingerprint density at radius 3 is 2.44 bits per heavy atom. The summed E-state index contributed by atoms with van der Waals surface area (Å²) in [4.78, 5) is 0.158. The van der Waals surface area contributed by atoms with Gasteiger partial charge in [0.05, 0.1) is 12.0 Å². The minimum Gasteiger partial charge on any atom is -0.496 e. The Kier molecular flexibility index (Phi) is 4.17. The van der Waals surface area contributed by atoms with Gasteiger partial charge in [-0.05, 0) is 42.5 Å². The van der Waals surface area contributed by atoms with Gasteiger partial charge < -0.3 is 4.74 Å². The molecular formula is C13H17ClO3S. The fourth-order valence-corrected chi connectivity index (χ4v) is 3.38. The van der Waals surface area contributed by atoms with E-state index in [2.05, 4.69) is 0 Å². The fraction of sp³-hybridized carbons (Fsp3) is 0.538. The number of benzene rings is 1. The molecule has 0 atom stereocenters. The smallest absolute Gasteiger partial charge is 0.261 e. The summed E-state index contributed by atoms with van der Waals surface area (Å²) in [6.07, 6.45) is 5.80. The molecule has 0 radical (unpaired) electrons. The average molecular weight is 289 g/mol. The van der Waals surface area contributed by atoms with Crippen molar-refractivity contribution in [3.05, 3.63) is 23.8 Å². The highest BCUT2D eigenvalue weighted by molar-refractivity contribution is 8.13. The lowest BCUT2D eigenvalue weighted by atomic mass is 9.84. The molecule has 1 aliphatic rings. The van der Waals surface area contributed by atoms with Gasteiger partial charge in [0.1, 0.15) is 5.75 Å². The van der Waals surface area contributed by atoms with Gasteiger partial charge in [-0.2, -0.15) is 0 Å². The molecule has 3 nitrogen and oxygen atoms in total. The Labute approximate surface area is 113 Å². The number of rotatable bonds is 3. The summed E-state index contributed by atoms with van der Waals surface area (Å²) in [5.74, 6) is 1.14. The molecule has 0 unspecified atom stereocenters. The molecule has 1 aromatic rings. The molecule has 18 heavy (non-hydrogen) atoms. The highest BCUT2D eigenvalue weighted by Crippen LogP contribution is 2.38. The number of hydrogen-bond acceptors (Lipinski definition) is 3. The number of halogens is 1. The first kappa shape index (κ1) is 13.7. The van der Waals surface area contributed by atoms with Crippen LogP contribution in [0.25, 0.3) is 0 Å². The van der Waals surface area contributed by atoms with Crippen LogP contribution in [0.4, 0.5) is 0 Å². The molecule has 0 amide bonds. The van der Waals surface area contributed by atoms with E-state index in [1.54, 1.807) is 19.2 Å². The van der Waals surface area contributed by atoms with E-state index >= 15 is 0 Å².